The van der Waals surface area contributed by atoms with Crippen LogP contribution in [0, 0.1) is 17.8 Å². The van der Waals surface area contributed by atoms with Gasteiger partial charge in [0.25, 0.3) is 0 Å². The minimum absolute atomic E-state index is 0.0111. The highest BCUT2D eigenvalue weighted by Gasteiger charge is 2.50. The molecule has 3 rings (SSSR count). The van der Waals surface area contributed by atoms with Crippen LogP contribution in [0.25, 0.3) is 0 Å². The normalized spacial score (nSPS) is 24.5. The Morgan fingerprint density at radius 1 is 1.21 bits per heavy atom. The van der Waals surface area contributed by atoms with Crippen molar-refractivity contribution < 1.29 is 36.3 Å². The molecule has 0 spiro atoms. The van der Waals surface area contributed by atoms with Crippen molar-refractivity contribution in [2.45, 2.75) is 38.2 Å². The minimum atomic E-state index is -5.08. The van der Waals surface area contributed by atoms with Crippen LogP contribution in [0.15, 0.2) is 24.3 Å². The number of halogens is 4. The number of carbonyl (C=O) groups is 2. The lowest BCUT2D eigenvalue weighted by molar-refractivity contribution is -0.192. The molecule has 33 heavy (non-hydrogen) atoms. The maximum Gasteiger partial charge on any atom is 0.490 e. The molecule has 2 fully saturated rings. The largest absolute Gasteiger partial charge is 0.490 e. The fourth-order valence-electron chi connectivity index (χ4n) is 4.04. The summed E-state index contributed by atoms with van der Waals surface area (Å²) >= 11 is 5.93. The summed E-state index contributed by atoms with van der Waals surface area (Å²) in [5.74, 6) is -2.58. The Labute approximate surface area is 196 Å². The zero-order valence-electron chi connectivity index (χ0n) is 18.3. The van der Waals surface area contributed by atoms with Crippen molar-refractivity contribution >= 4 is 33.3 Å². The van der Waals surface area contributed by atoms with Crippen molar-refractivity contribution in [1.29, 1.82) is 0 Å². The van der Waals surface area contributed by atoms with Gasteiger partial charge in [-0.1, -0.05) is 37.6 Å². The summed E-state index contributed by atoms with van der Waals surface area (Å²) in [5.41, 5.74) is 1.10. The summed E-state index contributed by atoms with van der Waals surface area (Å²) in [5, 5.41) is 10.4. The van der Waals surface area contributed by atoms with Crippen molar-refractivity contribution in [3.63, 3.8) is 0 Å². The van der Waals surface area contributed by atoms with E-state index in [1.54, 1.807) is 0 Å². The summed E-state index contributed by atoms with van der Waals surface area (Å²) in [6.07, 6.45) is -4.65. The molecule has 1 aromatic rings. The number of rotatable bonds is 5. The van der Waals surface area contributed by atoms with Gasteiger partial charge in [0, 0.05) is 43.0 Å². The monoisotopic (exact) mass is 512 g/mol. The number of hydrogen-bond acceptors (Lipinski definition) is 5. The standard InChI is InChI=1S/C19H27ClN2O3S.C2HF3O2/c1-13(2)9-21-19(23)16-7-8-26(24,25)18-12-22(11-17(16)18)10-14-3-5-15(20)6-4-14;3-2(4,5)1(6)7/h3-6,13,16-18H,7-12H2,1-2H3,(H,21,23);(H,6,7)/t16-,17+,18+;/m0./s1. The molecule has 186 valence electrons. The van der Waals surface area contributed by atoms with Gasteiger partial charge in [-0.2, -0.15) is 13.2 Å². The first-order chi connectivity index (χ1) is 15.2. The quantitative estimate of drug-likeness (QED) is 0.628. The number of benzene rings is 1. The van der Waals surface area contributed by atoms with Crippen molar-refractivity contribution in [1.82, 2.24) is 10.2 Å². The summed E-state index contributed by atoms with van der Waals surface area (Å²) in [6, 6.07) is 7.62. The molecule has 0 saturated carbocycles. The van der Waals surface area contributed by atoms with Gasteiger partial charge in [-0.25, -0.2) is 13.2 Å². The summed E-state index contributed by atoms with van der Waals surface area (Å²) in [6.45, 7) is 6.57. The average molecular weight is 513 g/mol. The third-order valence-corrected chi connectivity index (χ3v) is 8.14. The number of hydrogen-bond donors (Lipinski definition) is 2. The molecule has 1 amide bonds. The number of nitrogens with zero attached hydrogens (tertiary/aromatic N) is 1. The molecule has 0 unspecified atom stereocenters. The Bertz CT molecular complexity index is 938. The molecule has 0 aromatic heterocycles. The molecule has 1 aromatic carbocycles. The lowest BCUT2D eigenvalue weighted by Gasteiger charge is -2.32. The van der Waals surface area contributed by atoms with Crippen LogP contribution in [0.5, 0.6) is 0 Å². The van der Waals surface area contributed by atoms with Gasteiger partial charge in [0.1, 0.15) is 0 Å². The first-order valence-corrected chi connectivity index (χ1v) is 12.6. The molecule has 0 radical (unpaired) electrons. The van der Waals surface area contributed by atoms with E-state index >= 15 is 0 Å². The number of nitrogens with one attached hydrogen (secondary N) is 1. The molecule has 2 heterocycles. The molecule has 2 aliphatic heterocycles. The molecule has 2 saturated heterocycles. The average Bonchev–Trinajstić information content (AvgIpc) is 3.13. The summed E-state index contributed by atoms with van der Waals surface area (Å²) in [7, 11) is -3.13. The van der Waals surface area contributed by atoms with E-state index in [9.17, 15) is 26.4 Å². The maximum absolute atomic E-state index is 12.6. The molecule has 7 nitrogen and oxygen atoms in total. The minimum Gasteiger partial charge on any atom is -0.475 e. The topological polar surface area (TPSA) is 104 Å². The molecular weight excluding hydrogens is 485 g/mol. The highest BCUT2D eigenvalue weighted by Crippen LogP contribution is 2.37. The van der Waals surface area contributed by atoms with Crippen molar-refractivity contribution in [2.75, 3.05) is 25.4 Å². The third-order valence-electron chi connectivity index (χ3n) is 5.66. The number of carboxylic acid groups (broad SMARTS) is 1. The smallest absolute Gasteiger partial charge is 0.475 e. The van der Waals surface area contributed by atoms with Crippen LogP contribution in [-0.2, 0) is 26.0 Å². The van der Waals surface area contributed by atoms with Crippen molar-refractivity contribution in [2.24, 2.45) is 17.8 Å². The first kappa shape index (κ1) is 27.4. The summed E-state index contributed by atoms with van der Waals surface area (Å²) in [4.78, 5) is 23.7. The Morgan fingerprint density at radius 2 is 1.79 bits per heavy atom. The SMILES string of the molecule is CC(C)CNC(=O)[C@H]1CCS(=O)(=O)[C@@H]2CN(Cc3ccc(Cl)cc3)C[C@H]12.O=C(O)C(F)(F)F. The molecule has 0 bridgehead atoms. The molecule has 2 aliphatic rings. The van der Waals surface area contributed by atoms with Crippen LogP contribution in [-0.4, -0.2) is 67.1 Å². The third kappa shape index (κ3) is 7.86. The van der Waals surface area contributed by atoms with Gasteiger partial charge in [-0.15, -0.1) is 0 Å². The van der Waals surface area contributed by atoms with Crippen LogP contribution < -0.4 is 5.32 Å². The molecule has 12 heteroatoms. The van der Waals surface area contributed by atoms with Crippen LogP contribution in [0.3, 0.4) is 0 Å². The van der Waals surface area contributed by atoms with Gasteiger partial charge in [0.15, 0.2) is 9.84 Å². The zero-order chi connectivity index (χ0) is 25.0. The number of likely N-dealkylation sites (tertiary alicyclic amines) is 1. The number of amides is 1. The fourth-order valence-corrected chi connectivity index (χ4v) is 6.30. The van der Waals surface area contributed by atoms with E-state index in [0.717, 1.165) is 5.56 Å². The van der Waals surface area contributed by atoms with Crippen molar-refractivity contribution in [3.8, 4) is 0 Å². The van der Waals surface area contributed by atoms with Gasteiger partial charge in [-0.3, -0.25) is 9.69 Å². The Morgan fingerprint density at radius 3 is 2.30 bits per heavy atom. The molecular formula is C21H28ClF3N2O5S. The highest BCUT2D eigenvalue weighted by molar-refractivity contribution is 7.92. The Hall–Kier alpha value is -1.85. The van der Waals surface area contributed by atoms with Gasteiger partial charge in [0.05, 0.1) is 11.0 Å². The van der Waals surface area contributed by atoms with Gasteiger partial charge in [-0.05, 0) is 30.0 Å². The van der Waals surface area contributed by atoms with Crippen molar-refractivity contribution in [3.05, 3.63) is 34.9 Å². The first-order valence-electron chi connectivity index (χ1n) is 10.5. The predicted octanol–water partition coefficient (Wildman–Crippen LogP) is 2.98. The van der Waals surface area contributed by atoms with E-state index < -0.39 is 27.2 Å². The van der Waals surface area contributed by atoms with E-state index in [2.05, 4.69) is 24.1 Å². The van der Waals surface area contributed by atoms with Gasteiger partial charge < -0.3 is 10.4 Å². The van der Waals surface area contributed by atoms with Crippen LogP contribution in [0.2, 0.25) is 5.02 Å². The van der Waals surface area contributed by atoms with Gasteiger partial charge in [0.2, 0.25) is 5.91 Å². The van der Waals surface area contributed by atoms with E-state index in [0.29, 0.717) is 43.5 Å². The van der Waals surface area contributed by atoms with Crippen LogP contribution >= 0.6 is 11.6 Å². The van der Waals surface area contributed by atoms with E-state index in [4.69, 9.17) is 21.5 Å². The molecule has 0 aliphatic carbocycles. The van der Waals surface area contributed by atoms with Gasteiger partial charge >= 0.3 is 12.1 Å². The summed E-state index contributed by atoms with van der Waals surface area (Å²) < 4.78 is 56.9. The lowest BCUT2D eigenvalue weighted by Crippen LogP contribution is -2.47. The molecule has 3 atom stereocenters. The lowest BCUT2D eigenvalue weighted by atomic mass is 9.87. The number of carbonyl (C=O) groups excluding carboxylic acids is 1. The van der Waals surface area contributed by atoms with E-state index in [-0.39, 0.29) is 23.5 Å². The number of alkyl halides is 3. The number of carboxylic acids is 1. The second-order valence-corrected chi connectivity index (χ2v) is 11.5. The maximum atomic E-state index is 12.6. The molecule has 2 N–H and O–H groups in total. The zero-order valence-corrected chi connectivity index (χ0v) is 19.9. The fraction of sp³-hybridized carbons (Fsp3) is 0.619. The number of aliphatic carboxylic acids is 1. The predicted molar refractivity (Wildman–Crippen MR) is 117 cm³/mol. The number of fused-ring (bicyclic) bond motifs is 1. The van der Waals surface area contributed by atoms with E-state index in [1.165, 1.54) is 0 Å². The second kappa shape index (κ2) is 11.1. The Kier molecular flexibility index (Phi) is 9.17. The Balaban J connectivity index is 0.000000479. The van der Waals surface area contributed by atoms with Crippen LogP contribution in [0.1, 0.15) is 25.8 Å². The highest BCUT2D eigenvalue weighted by atomic mass is 35.5. The number of sulfone groups is 1. The van der Waals surface area contributed by atoms with Crippen LogP contribution in [0.4, 0.5) is 13.2 Å². The van der Waals surface area contributed by atoms with E-state index in [1.807, 2.05) is 24.3 Å². The second-order valence-electron chi connectivity index (χ2n) is 8.73.